The van der Waals surface area contributed by atoms with Crippen LogP contribution in [0.3, 0.4) is 0 Å². The zero-order chi connectivity index (χ0) is 13.0. The van der Waals surface area contributed by atoms with Gasteiger partial charge in [-0.2, -0.15) is 0 Å². The van der Waals surface area contributed by atoms with Crippen molar-refractivity contribution in [1.29, 1.82) is 0 Å². The monoisotopic (exact) mass is 283 g/mol. The topological polar surface area (TPSA) is 85.1 Å². The Morgan fingerprint density at radius 2 is 2.00 bits per heavy atom. The summed E-state index contributed by atoms with van der Waals surface area (Å²) < 4.78 is 26.2. The van der Waals surface area contributed by atoms with Gasteiger partial charge in [0.05, 0.1) is 11.3 Å². The number of nitrogens with zero attached hydrogens (tertiary/aromatic N) is 1. The lowest BCUT2D eigenvalue weighted by Gasteiger charge is -2.05. The molecular formula is C11H13N3O2S2. The van der Waals surface area contributed by atoms with E-state index in [0.29, 0.717) is 11.3 Å². The van der Waals surface area contributed by atoms with Gasteiger partial charge < -0.3 is 5.73 Å². The molecule has 0 saturated heterocycles. The van der Waals surface area contributed by atoms with E-state index in [2.05, 4.69) is 9.71 Å². The lowest BCUT2D eigenvalue weighted by molar-refractivity contribution is 0.581. The molecule has 0 aliphatic heterocycles. The Balaban J connectivity index is 1.97. The van der Waals surface area contributed by atoms with Crippen LogP contribution in [0, 0.1) is 0 Å². The summed E-state index contributed by atoms with van der Waals surface area (Å²) in [4.78, 5) is 4.77. The van der Waals surface area contributed by atoms with E-state index < -0.39 is 10.0 Å². The molecule has 1 aromatic carbocycles. The van der Waals surface area contributed by atoms with Crippen LogP contribution >= 0.6 is 11.3 Å². The van der Waals surface area contributed by atoms with Crippen molar-refractivity contribution in [2.24, 2.45) is 0 Å². The number of hydrogen-bond donors (Lipinski definition) is 2. The molecule has 7 heteroatoms. The van der Waals surface area contributed by atoms with Crippen molar-refractivity contribution in [3.8, 4) is 0 Å². The molecule has 0 saturated carbocycles. The van der Waals surface area contributed by atoms with Gasteiger partial charge in [-0.25, -0.2) is 13.1 Å². The number of sulfonamides is 1. The van der Waals surface area contributed by atoms with Crippen LogP contribution < -0.4 is 10.5 Å². The molecule has 0 atom stereocenters. The molecule has 0 bridgehead atoms. The molecule has 1 heterocycles. The van der Waals surface area contributed by atoms with Gasteiger partial charge in [0.15, 0.2) is 0 Å². The first-order chi connectivity index (χ1) is 8.55. The van der Waals surface area contributed by atoms with Gasteiger partial charge in [0.25, 0.3) is 0 Å². The maximum Gasteiger partial charge on any atom is 0.216 e. The van der Waals surface area contributed by atoms with Crippen LogP contribution in [-0.2, 0) is 22.3 Å². The van der Waals surface area contributed by atoms with Crippen LogP contribution in [-0.4, -0.2) is 13.4 Å². The predicted molar refractivity (Wildman–Crippen MR) is 72.4 cm³/mol. The molecule has 3 N–H and O–H groups in total. The fourth-order valence-corrected chi connectivity index (χ4v) is 3.13. The molecule has 0 aliphatic rings. The maximum absolute atomic E-state index is 11.8. The highest BCUT2D eigenvalue weighted by Crippen LogP contribution is 2.10. The van der Waals surface area contributed by atoms with E-state index in [1.54, 1.807) is 36.0 Å². The molecule has 2 rings (SSSR count). The number of nitrogens with two attached hydrogens (primary N) is 1. The van der Waals surface area contributed by atoms with Crippen LogP contribution in [0.25, 0.3) is 0 Å². The van der Waals surface area contributed by atoms with E-state index in [0.717, 1.165) is 4.88 Å². The van der Waals surface area contributed by atoms with E-state index in [4.69, 9.17) is 5.73 Å². The fourth-order valence-electron chi connectivity index (χ4n) is 1.39. The van der Waals surface area contributed by atoms with Crippen molar-refractivity contribution in [3.63, 3.8) is 0 Å². The van der Waals surface area contributed by atoms with Crippen LogP contribution in [0.2, 0.25) is 0 Å². The van der Waals surface area contributed by atoms with Crippen LogP contribution in [0.1, 0.15) is 10.4 Å². The van der Waals surface area contributed by atoms with Gasteiger partial charge in [-0.1, -0.05) is 12.1 Å². The Hall–Kier alpha value is -1.44. The van der Waals surface area contributed by atoms with E-state index in [1.807, 2.05) is 0 Å². The SMILES string of the molecule is Nc1ccc(CS(=O)(=O)NCc2cncs2)cc1. The van der Waals surface area contributed by atoms with Crippen molar-refractivity contribution in [1.82, 2.24) is 9.71 Å². The summed E-state index contributed by atoms with van der Waals surface area (Å²) in [6.07, 6.45) is 1.65. The fraction of sp³-hybridized carbons (Fsp3) is 0.182. The number of aromatic nitrogens is 1. The van der Waals surface area contributed by atoms with Gasteiger partial charge in [-0.05, 0) is 17.7 Å². The number of rotatable bonds is 5. The van der Waals surface area contributed by atoms with Crippen LogP contribution in [0.4, 0.5) is 5.69 Å². The average molecular weight is 283 g/mol. The van der Waals surface area contributed by atoms with Crippen molar-refractivity contribution < 1.29 is 8.42 Å². The molecule has 0 unspecified atom stereocenters. The van der Waals surface area contributed by atoms with E-state index in [-0.39, 0.29) is 12.3 Å². The highest BCUT2D eigenvalue weighted by molar-refractivity contribution is 7.88. The number of anilines is 1. The number of nitrogens with one attached hydrogen (secondary N) is 1. The highest BCUT2D eigenvalue weighted by atomic mass is 32.2. The minimum absolute atomic E-state index is 0.0495. The molecule has 18 heavy (non-hydrogen) atoms. The van der Waals surface area contributed by atoms with Gasteiger partial charge in [0, 0.05) is 23.3 Å². The third-order valence-electron chi connectivity index (χ3n) is 2.29. The highest BCUT2D eigenvalue weighted by Gasteiger charge is 2.11. The Morgan fingerprint density at radius 3 is 2.61 bits per heavy atom. The lowest BCUT2D eigenvalue weighted by Crippen LogP contribution is -2.24. The number of thiazole rings is 1. The van der Waals surface area contributed by atoms with Gasteiger partial charge in [0.2, 0.25) is 10.0 Å². The zero-order valence-corrected chi connectivity index (χ0v) is 11.2. The second kappa shape index (κ2) is 5.47. The van der Waals surface area contributed by atoms with Gasteiger partial charge in [-0.3, -0.25) is 4.98 Å². The summed E-state index contributed by atoms with van der Waals surface area (Å²) in [5.41, 5.74) is 8.54. The van der Waals surface area contributed by atoms with Crippen LogP contribution in [0.5, 0.6) is 0 Å². The van der Waals surface area contributed by atoms with Gasteiger partial charge in [0.1, 0.15) is 0 Å². The molecular weight excluding hydrogens is 270 g/mol. The largest absolute Gasteiger partial charge is 0.399 e. The van der Waals surface area contributed by atoms with Crippen molar-refractivity contribution >= 4 is 27.0 Å². The minimum Gasteiger partial charge on any atom is -0.399 e. The molecule has 0 radical (unpaired) electrons. The molecule has 0 aliphatic carbocycles. The molecule has 1 aromatic heterocycles. The lowest BCUT2D eigenvalue weighted by atomic mass is 10.2. The summed E-state index contributed by atoms with van der Waals surface area (Å²) in [6, 6.07) is 6.80. The second-order valence-electron chi connectivity index (χ2n) is 3.79. The first-order valence-electron chi connectivity index (χ1n) is 5.24. The zero-order valence-electron chi connectivity index (χ0n) is 9.54. The first-order valence-corrected chi connectivity index (χ1v) is 7.77. The van der Waals surface area contributed by atoms with E-state index in [1.165, 1.54) is 11.3 Å². The van der Waals surface area contributed by atoms with Gasteiger partial charge in [-0.15, -0.1) is 11.3 Å². The number of hydrogen-bond acceptors (Lipinski definition) is 5. The third kappa shape index (κ3) is 3.80. The molecule has 0 amide bonds. The maximum atomic E-state index is 11.8. The van der Waals surface area contributed by atoms with Crippen LogP contribution in [0.15, 0.2) is 36.0 Å². The van der Waals surface area contributed by atoms with Crippen molar-refractivity contribution in [2.75, 3.05) is 5.73 Å². The summed E-state index contributed by atoms with van der Waals surface area (Å²) >= 11 is 1.42. The molecule has 2 aromatic rings. The standard InChI is InChI=1S/C11H13N3O2S2/c12-10-3-1-9(2-4-10)7-18(15,16)14-6-11-5-13-8-17-11/h1-5,8,14H,6-7,12H2. The molecule has 5 nitrogen and oxygen atoms in total. The van der Waals surface area contributed by atoms with Crippen molar-refractivity contribution in [2.45, 2.75) is 12.3 Å². The summed E-state index contributed by atoms with van der Waals surface area (Å²) in [6.45, 7) is 0.280. The summed E-state index contributed by atoms with van der Waals surface area (Å²) in [5.74, 6) is -0.0495. The molecule has 0 spiro atoms. The third-order valence-corrected chi connectivity index (χ3v) is 4.36. The average Bonchev–Trinajstić information content (AvgIpc) is 2.83. The minimum atomic E-state index is -3.34. The predicted octanol–water partition coefficient (Wildman–Crippen LogP) is 1.34. The Bertz CT molecular complexity index is 592. The number of nitrogen functional groups attached to an aromatic ring is 1. The normalized spacial score (nSPS) is 11.6. The summed E-state index contributed by atoms with van der Waals surface area (Å²) in [5, 5.41) is 0. The Morgan fingerprint density at radius 1 is 1.28 bits per heavy atom. The Kier molecular flexibility index (Phi) is 3.95. The van der Waals surface area contributed by atoms with Gasteiger partial charge >= 0.3 is 0 Å². The molecule has 96 valence electrons. The smallest absolute Gasteiger partial charge is 0.216 e. The number of benzene rings is 1. The second-order valence-corrected chi connectivity index (χ2v) is 6.57. The summed E-state index contributed by atoms with van der Waals surface area (Å²) in [7, 11) is -3.34. The first kappa shape index (κ1) is 13.0. The van der Waals surface area contributed by atoms with Crippen molar-refractivity contribution in [3.05, 3.63) is 46.4 Å². The molecule has 0 fully saturated rings. The quantitative estimate of drug-likeness (QED) is 0.811. The Labute approximate surface area is 110 Å². The van der Waals surface area contributed by atoms with E-state index in [9.17, 15) is 8.42 Å². The van der Waals surface area contributed by atoms with E-state index >= 15 is 0 Å².